The SMILES string of the molecule is COC(=O)c1cc(N2CCCN3CCCC3C2)ccc1N. The van der Waals surface area contributed by atoms with Crippen molar-refractivity contribution >= 4 is 17.3 Å². The molecule has 114 valence electrons. The number of nitrogen functional groups attached to an aromatic ring is 1. The molecule has 2 fully saturated rings. The Kier molecular flexibility index (Phi) is 4.01. The fourth-order valence-electron chi connectivity index (χ4n) is 3.47. The highest BCUT2D eigenvalue weighted by Crippen LogP contribution is 2.27. The molecular weight excluding hydrogens is 266 g/mol. The number of ether oxygens (including phenoxy) is 1. The molecule has 2 N–H and O–H groups in total. The monoisotopic (exact) mass is 289 g/mol. The molecule has 5 heteroatoms. The Labute approximate surface area is 125 Å². The van der Waals surface area contributed by atoms with Crippen molar-refractivity contribution in [3.05, 3.63) is 23.8 Å². The molecule has 1 unspecified atom stereocenters. The fraction of sp³-hybridized carbons (Fsp3) is 0.562. The van der Waals surface area contributed by atoms with Gasteiger partial charge in [0.15, 0.2) is 0 Å². The van der Waals surface area contributed by atoms with Crippen molar-refractivity contribution in [2.75, 3.05) is 43.9 Å². The van der Waals surface area contributed by atoms with Crippen LogP contribution in [0, 0.1) is 0 Å². The molecule has 21 heavy (non-hydrogen) atoms. The highest BCUT2D eigenvalue weighted by Gasteiger charge is 2.29. The summed E-state index contributed by atoms with van der Waals surface area (Å²) in [4.78, 5) is 16.8. The minimum atomic E-state index is -0.369. The van der Waals surface area contributed by atoms with E-state index in [9.17, 15) is 4.79 Å². The quantitative estimate of drug-likeness (QED) is 0.664. The van der Waals surface area contributed by atoms with E-state index in [4.69, 9.17) is 10.5 Å². The van der Waals surface area contributed by atoms with E-state index in [-0.39, 0.29) is 5.97 Å². The second-order valence-electron chi connectivity index (χ2n) is 5.89. The summed E-state index contributed by atoms with van der Waals surface area (Å²) in [6.07, 6.45) is 3.73. The minimum absolute atomic E-state index is 0.369. The van der Waals surface area contributed by atoms with E-state index >= 15 is 0 Å². The number of hydrogen-bond acceptors (Lipinski definition) is 5. The Morgan fingerprint density at radius 3 is 2.90 bits per heavy atom. The summed E-state index contributed by atoms with van der Waals surface area (Å²) in [5, 5.41) is 0. The number of rotatable bonds is 2. The maximum atomic E-state index is 11.8. The third-order valence-electron chi connectivity index (χ3n) is 4.61. The molecule has 0 aromatic heterocycles. The van der Waals surface area contributed by atoms with Crippen molar-refractivity contribution in [1.29, 1.82) is 0 Å². The van der Waals surface area contributed by atoms with E-state index in [1.165, 1.54) is 33.0 Å². The number of nitrogens with two attached hydrogens (primary N) is 1. The van der Waals surface area contributed by atoms with Crippen LogP contribution in [0.15, 0.2) is 18.2 Å². The molecule has 1 aromatic carbocycles. The lowest BCUT2D eigenvalue weighted by Gasteiger charge is -2.27. The largest absolute Gasteiger partial charge is 0.465 e. The maximum absolute atomic E-state index is 11.8. The van der Waals surface area contributed by atoms with Gasteiger partial charge in [-0.05, 0) is 44.0 Å². The summed E-state index contributed by atoms with van der Waals surface area (Å²) in [5.41, 5.74) is 7.89. The lowest BCUT2D eigenvalue weighted by Crippen LogP contribution is -2.36. The summed E-state index contributed by atoms with van der Waals surface area (Å²) < 4.78 is 4.81. The average Bonchev–Trinajstić information content (AvgIpc) is 2.84. The normalized spacial score (nSPS) is 22.7. The number of hydrogen-bond donors (Lipinski definition) is 1. The summed E-state index contributed by atoms with van der Waals surface area (Å²) >= 11 is 0. The number of esters is 1. The van der Waals surface area contributed by atoms with Crippen molar-refractivity contribution in [1.82, 2.24) is 4.90 Å². The van der Waals surface area contributed by atoms with Gasteiger partial charge < -0.3 is 15.4 Å². The average molecular weight is 289 g/mol. The molecule has 3 rings (SSSR count). The van der Waals surface area contributed by atoms with Gasteiger partial charge in [0, 0.05) is 37.1 Å². The number of nitrogens with zero attached hydrogens (tertiary/aromatic N) is 2. The van der Waals surface area contributed by atoms with Gasteiger partial charge in [-0.2, -0.15) is 0 Å². The lowest BCUT2D eigenvalue weighted by atomic mass is 10.1. The number of anilines is 2. The second-order valence-corrected chi connectivity index (χ2v) is 5.89. The third-order valence-corrected chi connectivity index (χ3v) is 4.61. The van der Waals surface area contributed by atoms with Gasteiger partial charge in [-0.15, -0.1) is 0 Å². The summed E-state index contributed by atoms with van der Waals surface area (Å²) in [7, 11) is 1.39. The van der Waals surface area contributed by atoms with Crippen LogP contribution in [0.3, 0.4) is 0 Å². The number of fused-ring (bicyclic) bond motifs is 1. The topological polar surface area (TPSA) is 58.8 Å². The maximum Gasteiger partial charge on any atom is 0.340 e. The molecule has 1 aromatic rings. The van der Waals surface area contributed by atoms with Crippen LogP contribution in [0.2, 0.25) is 0 Å². The second kappa shape index (κ2) is 5.93. The van der Waals surface area contributed by atoms with E-state index in [1.54, 1.807) is 6.07 Å². The molecule has 5 nitrogen and oxygen atoms in total. The molecule has 1 atom stereocenters. The van der Waals surface area contributed by atoms with Gasteiger partial charge in [-0.25, -0.2) is 4.79 Å². The van der Waals surface area contributed by atoms with E-state index in [1.807, 2.05) is 12.1 Å². The molecule has 0 amide bonds. The van der Waals surface area contributed by atoms with Crippen LogP contribution in [0.25, 0.3) is 0 Å². The van der Waals surface area contributed by atoms with E-state index in [2.05, 4.69) is 9.80 Å². The van der Waals surface area contributed by atoms with Gasteiger partial charge in [0.1, 0.15) is 0 Å². The molecule has 0 aliphatic carbocycles. The molecule has 0 saturated carbocycles. The zero-order valence-corrected chi connectivity index (χ0v) is 12.5. The van der Waals surface area contributed by atoms with Gasteiger partial charge in [0.25, 0.3) is 0 Å². The Bertz CT molecular complexity index is 532. The first-order chi connectivity index (χ1) is 10.2. The zero-order valence-electron chi connectivity index (χ0n) is 12.5. The van der Waals surface area contributed by atoms with Crippen molar-refractivity contribution < 1.29 is 9.53 Å². The highest BCUT2D eigenvalue weighted by molar-refractivity contribution is 5.96. The summed E-state index contributed by atoms with van der Waals surface area (Å²) in [5.74, 6) is -0.369. The Morgan fingerprint density at radius 2 is 2.10 bits per heavy atom. The van der Waals surface area contributed by atoms with Crippen LogP contribution in [0.1, 0.15) is 29.6 Å². The number of benzene rings is 1. The van der Waals surface area contributed by atoms with Crippen molar-refractivity contribution in [2.24, 2.45) is 0 Å². The van der Waals surface area contributed by atoms with Crippen molar-refractivity contribution in [3.63, 3.8) is 0 Å². The van der Waals surface area contributed by atoms with Crippen LogP contribution < -0.4 is 10.6 Å². The van der Waals surface area contributed by atoms with Gasteiger partial charge in [-0.3, -0.25) is 4.90 Å². The molecule has 2 saturated heterocycles. The van der Waals surface area contributed by atoms with Gasteiger partial charge in [-0.1, -0.05) is 0 Å². The Balaban J connectivity index is 1.84. The van der Waals surface area contributed by atoms with Crippen LogP contribution in [0.5, 0.6) is 0 Å². The first-order valence-electron chi connectivity index (χ1n) is 7.66. The Hall–Kier alpha value is -1.75. The fourth-order valence-corrected chi connectivity index (χ4v) is 3.47. The van der Waals surface area contributed by atoms with E-state index in [0.29, 0.717) is 17.3 Å². The Morgan fingerprint density at radius 1 is 1.29 bits per heavy atom. The molecule has 2 heterocycles. The van der Waals surface area contributed by atoms with Gasteiger partial charge in [0.05, 0.1) is 12.7 Å². The highest BCUT2D eigenvalue weighted by atomic mass is 16.5. The van der Waals surface area contributed by atoms with E-state index in [0.717, 1.165) is 25.2 Å². The smallest absolute Gasteiger partial charge is 0.340 e. The number of carbonyl (C=O) groups is 1. The predicted molar refractivity (Wildman–Crippen MR) is 83.6 cm³/mol. The molecule has 0 bridgehead atoms. The molecular formula is C16H23N3O2. The van der Waals surface area contributed by atoms with Crippen molar-refractivity contribution in [3.8, 4) is 0 Å². The first-order valence-corrected chi connectivity index (χ1v) is 7.66. The summed E-state index contributed by atoms with van der Waals surface area (Å²) in [6.45, 7) is 4.47. The standard InChI is InChI=1S/C16H23N3O2/c1-21-16(20)14-10-12(5-6-15(14)17)19-9-3-8-18-7-2-4-13(18)11-19/h5-6,10,13H,2-4,7-9,11,17H2,1H3. The summed E-state index contributed by atoms with van der Waals surface area (Å²) in [6, 6.07) is 6.32. The molecule has 0 spiro atoms. The van der Waals surface area contributed by atoms with Crippen molar-refractivity contribution in [2.45, 2.75) is 25.3 Å². The lowest BCUT2D eigenvalue weighted by molar-refractivity contribution is 0.0602. The third kappa shape index (κ3) is 2.83. The minimum Gasteiger partial charge on any atom is -0.465 e. The predicted octanol–water partition coefficient (Wildman–Crippen LogP) is 1.73. The van der Waals surface area contributed by atoms with Gasteiger partial charge in [0.2, 0.25) is 0 Å². The number of methoxy groups -OCH3 is 1. The van der Waals surface area contributed by atoms with Crippen LogP contribution in [-0.2, 0) is 4.74 Å². The molecule has 2 aliphatic rings. The van der Waals surface area contributed by atoms with Crippen LogP contribution in [-0.4, -0.2) is 50.2 Å². The van der Waals surface area contributed by atoms with E-state index < -0.39 is 0 Å². The van der Waals surface area contributed by atoms with Crippen LogP contribution in [0.4, 0.5) is 11.4 Å². The molecule has 2 aliphatic heterocycles. The number of carbonyl (C=O) groups excluding carboxylic acids is 1. The van der Waals surface area contributed by atoms with Gasteiger partial charge >= 0.3 is 5.97 Å². The first kappa shape index (κ1) is 14.2. The zero-order chi connectivity index (χ0) is 14.8. The van der Waals surface area contributed by atoms with Crippen LogP contribution >= 0.6 is 0 Å². The molecule has 0 radical (unpaired) electrons.